The van der Waals surface area contributed by atoms with Crippen LogP contribution in [0.3, 0.4) is 0 Å². The molecule has 124 valence electrons. The number of nitrogens with zero attached hydrogens (tertiary/aromatic N) is 2. The molecular weight excluding hydrogens is 354 g/mol. The topological polar surface area (TPSA) is 50.1 Å². The van der Waals surface area contributed by atoms with Crippen LogP contribution in [0.15, 0.2) is 28.7 Å². The molecule has 1 aliphatic carbocycles. The van der Waals surface area contributed by atoms with E-state index in [-0.39, 0.29) is 6.10 Å². The number of aryl methyl sites for hydroxylation is 1. The van der Waals surface area contributed by atoms with Gasteiger partial charge in [-0.1, -0.05) is 15.9 Å². The molecule has 0 saturated heterocycles. The van der Waals surface area contributed by atoms with Gasteiger partial charge in [-0.15, -0.1) is 0 Å². The van der Waals surface area contributed by atoms with Gasteiger partial charge in [0.25, 0.3) is 0 Å². The third-order valence-corrected chi connectivity index (χ3v) is 5.31. The number of rotatable bonds is 4. The van der Waals surface area contributed by atoms with E-state index in [1.165, 1.54) is 11.3 Å². The van der Waals surface area contributed by atoms with Crippen LogP contribution in [0.1, 0.15) is 42.6 Å². The van der Waals surface area contributed by atoms with E-state index in [0.717, 1.165) is 48.1 Å². The first-order valence-electron chi connectivity index (χ1n) is 8.27. The largest absolute Gasteiger partial charge is 0.393 e. The molecule has 0 radical (unpaired) electrons. The molecule has 4 nitrogen and oxygen atoms in total. The second-order valence-corrected chi connectivity index (χ2v) is 7.34. The maximum atomic E-state index is 9.60. The molecular formula is C18H24BrN3O. The molecule has 1 fully saturated rings. The lowest BCUT2D eigenvalue weighted by Gasteiger charge is -2.26. The number of hydrogen-bond acceptors (Lipinski definition) is 3. The number of halogens is 1. The summed E-state index contributed by atoms with van der Waals surface area (Å²) in [5.41, 5.74) is 4.63. The van der Waals surface area contributed by atoms with Crippen LogP contribution in [-0.2, 0) is 6.54 Å². The van der Waals surface area contributed by atoms with E-state index in [1.807, 2.05) is 16.8 Å². The second kappa shape index (κ2) is 7.16. The zero-order chi connectivity index (χ0) is 16.4. The van der Waals surface area contributed by atoms with Crippen molar-refractivity contribution < 1.29 is 5.11 Å². The van der Waals surface area contributed by atoms with Crippen LogP contribution in [0.25, 0.3) is 5.69 Å². The molecule has 0 unspecified atom stereocenters. The van der Waals surface area contributed by atoms with Gasteiger partial charge in [0.05, 0.1) is 17.5 Å². The van der Waals surface area contributed by atoms with Gasteiger partial charge in [-0.25, -0.2) is 4.68 Å². The van der Waals surface area contributed by atoms with E-state index in [1.54, 1.807) is 0 Å². The minimum absolute atomic E-state index is 0.100. The normalized spacial score (nSPS) is 21.6. The summed E-state index contributed by atoms with van der Waals surface area (Å²) >= 11 is 3.47. The molecule has 0 spiro atoms. The summed E-state index contributed by atoms with van der Waals surface area (Å²) in [5, 5.41) is 18.0. The van der Waals surface area contributed by atoms with Gasteiger partial charge in [0.1, 0.15) is 0 Å². The Hall–Kier alpha value is -1.17. The minimum atomic E-state index is -0.100. The van der Waals surface area contributed by atoms with E-state index >= 15 is 0 Å². The number of hydrogen-bond donors (Lipinski definition) is 2. The first-order chi connectivity index (χ1) is 11.0. The molecule has 3 rings (SSSR count). The van der Waals surface area contributed by atoms with Crippen molar-refractivity contribution in [1.82, 2.24) is 15.1 Å². The second-order valence-electron chi connectivity index (χ2n) is 6.42. The number of benzene rings is 1. The van der Waals surface area contributed by atoms with Gasteiger partial charge in [-0.05, 0) is 63.8 Å². The molecule has 2 aromatic rings. The molecule has 0 bridgehead atoms. The van der Waals surface area contributed by atoms with Crippen molar-refractivity contribution >= 4 is 15.9 Å². The van der Waals surface area contributed by atoms with Crippen LogP contribution in [0.4, 0.5) is 0 Å². The van der Waals surface area contributed by atoms with Gasteiger partial charge in [0.15, 0.2) is 0 Å². The molecule has 1 aliphatic rings. The van der Waals surface area contributed by atoms with Gasteiger partial charge in [-0.3, -0.25) is 0 Å². The highest BCUT2D eigenvalue weighted by Gasteiger charge is 2.20. The van der Waals surface area contributed by atoms with E-state index in [9.17, 15) is 5.11 Å². The highest BCUT2D eigenvalue weighted by Crippen LogP contribution is 2.22. The fourth-order valence-electron chi connectivity index (χ4n) is 3.29. The van der Waals surface area contributed by atoms with Crippen molar-refractivity contribution in [2.24, 2.45) is 0 Å². The SMILES string of the molecule is Cc1nn(-c2ccc(Br)cc2)c(C)c1CNC1CCC(O)CC1. The maximum absolute atomic E-state index is 9.60. The van der Waals surface area contributed by atoms with E-state index < -0.39 is 0 Å². The van der Waals surface area contributed by atoms with Crippen LogP contribution in [-0.4, -0.2) is 27.0 Å². The highest BCUT2D eigenvalue weighted by atomic mass is 79.9. The Morgan fingerprint density at radius 1 is 1.17 bits per heavy atom. The Kier molecular flexibility index (Phi) is 5.19. The average molecular weight is 378 g/mol. The van der Waals surface area contributed by atoms with Gasteiger partial charge in [0, 0.05) is 28.3 Å². The summed E-state index contributed by atoms with van der Waals surface area (Å²) in [4.78, 5) is 0. The fraction of sp³-hybridized carbons (Fsp3) is 0.500. The van der Waals surface area contributed by atoms with E-state index in [0.29, 0.717) is 6.04 Å². The van der Waals surface area contributed by atoms with E-state index in [4.69, 9.17) is 5.10 Å². The summed E-state index contributed by atoms with van der Waals surface area (Å²) in [6, 6.07) is 8.73. The summed E-state index contributed by atoms with van der Waals surface area (Å²) in [5.74, 6) is 0. The van der Waals surface area contributed by atoms with Crippen molar-refractivity contribution in [1.29, 1.82) is 0 Å². The molecule has 2 N–H and O–H groups in total. The standard InChI is InChI=1S/C18H24BrN3O/c1-12-18(11-20-15-5-9-17(23)10-6-15)13(2)22(21-12)16-7-3-14(19)4-8-16/h3-4,7-8,15,17,20,23H,5-6,9-11H2,1-2H3. The smallest absolute Gasteiger partial charge is 0.0649 e. The lowest BCUT2D eigenvalue weighted by molar-refractivity contribution is 0.116. The van der Waals surface area contributed by atoms with Crippen LogP contribution >= 0.6 is 15.9 Å². The van der Waals surface area contributed by atoms with Crippen LogP contribution in [0.5, 0.6) is 0 Å². The summed E-state index contributed by atoms with van der Waals surface area (Å²) in [7, 11) is 0. The van der Waals surface area contributed by atoms with Gasteiger partial charge < -0.3 is 10.4 Å². The Morgan fingerprint density at radius 3 is 2.48 bits per heavy atom. The summed E-state index contributed by atoms with van der Waals surface area (Å²) < 4.78 is 3.09. The molecule has 1 aromatic heterocycles. The van der Waals surface area contributed by atoms with Crippen molar-refractivity contribution in [2.75, 3.05) is 0 Å². The molecule has 1 heterocycles. The van der Waals surface area contributed by atoms with E-state index in [2.05, 4.69) is 47.2 Å². The Labute approximate surface area is 146 Å². The van der Waals surface area contributed by atoms with Gasteiger partial charge >= 0.3 is 0 Å². The zero-order valence-electron chi connectivity index (χ0n) is 13.7. The van der Waals surface area contributed by atoms with Crippen molar-refractivity contribution in [3.8, 4) is 5.69 Å². The van der Waals surface area contributed by atoms with Crippen molar-refractivity contribution in [3.05, 3.63) is 45.7 Å². The molecule has 1 aromatic carbocycles. The van der Waals surface area contributed by atoms with Gasteiger partial charge in [0.2, 0.25) is 0 Å². The Morgan fingerprint density at radius 2 is 1.83 bits per heavy atom. The molecule has 0 aliphatic heterocycles. The van der Waals surface area contributed by atoms with Crippen molar-refractivity contribution in [3.63, 3.8) is 0 Å². The minimum Gasteiger partial charge on any atom is -0.393 e. The molecule has 0 atom stereocenters. The molecule has 1 saturated carbocycles. The quantitative estimate of drug-likeness (QED) is 0.854. The van der Waals surface area contributed by atoms with Crippen LogP contribution in [0, 0.1) is 13.8 Å². The Bertz CT molecular complexity index is 658. The number of nitrogens with one attached hydrogen (secondary N) is 1. The van der Waals surface area contributed by atoms with Crippen LogP contribution in [0.2, 0.25) is 0 Å². The third-order valence-electron chi connectivity index (χ3n) is 4.78. The molecule has 23 heavy (non-hydrogen) atoms. The number of aliphatic hydroxyl groups is 1. The Balaban J connectivity index is 1.72. The summed E-state index contributed by atoms with van der Waals surface area (Å²) in [6.07, 6.45) is 3.83. The van der Waals surface area contributed by atoms with Crippen LogP contribution < -0.4 is 5.32 Å². The fourth-order valence-corrected chi connectivity index (χ4v) is 3.56. The predicted octanol–water partition coefficient (Wildman–Crippen LogP) is 3.64. The number of aliphatic hydroxyl groups excluding tert-OH is 1. The first-order valence-corrected chi connectivity index (χ1v) is 9.06. The summed E-state index contributed by atoms with van der Waals surface area (Å²) in [6.45, 7) is 5.04. The molecule has 5 heteroatoms. The maximum Gasteiger partial charge on any atom is 0.0649 e. The monoisotopic (exact) mass is 377 g/mol. The average Bonchev–Trinajstić information content (AvgIpc) is 2.82. The van der Waals surface area contributed by atoms with Gasteiger partial charge in [-0.2, -0.15) is 5.10 Å². The molecule has 0 amide bonds. The first kappa shape index (κ1) is 16.7. The number of aromatic nitrogens is 2. The zero-order valence-corrected chi connectivity index (χ0v) is 15.3. The third kappa shape index (κ3) is 3.84. The van der Waals surface area contributed by atoms with Crippen molar-refractivity contribution in [2.45, 2.75) is 58.2 Å². The highest BCUT2D eigenvalue weighted by molar-refractivity contribution is 9.10. The lowest BCUT2D eigenvalue weighted by atomic mass is 9.93. The predicted molar refractivity (Wildman–Crippen MR) is 95.8 cm³/mol. The lowest BCUT2D eigenvalue weighted by Crippen LogP contribution is -2.34.